The molecular weight excluding hydrogens is 332 g/mol. The number of carbonyl (C=O) groups excluding carboxylic acids is 1. The van der Waals surface area contributed by atoms with E-state index in [1.807, 2.05) is 26.0 Å². The first-order valence-electron chi connectivity index (χ1n) is 7.26. The van der Waals surface area contributed by atoms with Gasteiger partial charge in [-0.15, -0.1) is 0 Å². The molecule has 0 aliphatic carbocycles. The van der Waals surface area contributed by atoms with Gasteiger partial charge in [-0.25, -0.2) is 0 Å². The van der Waals surface area contributed by atoms with E-state index in [1.54, 1.807) is 7.11 Å². The molecule has 4 nitrogen and oxygen atoms in total. The standard InChI is InChI=1S/C16H23BrN2O2/c1-11-8-13(17)9-12(2)14(11)19-15(20)16(10-21-3)4-6-18-7-5-16/h8-9,18H,4-7,10H2,1-3H3,(H,19,20). The Kier molecular flexibility index (Phi) is 5.41. The van der Waals surface area contributed by atoms with Crippen LogP contribution in [0.15, 0.2) is 16.6 Å². The average molecular weight is 355 g/mol. The Balaban J connectivity index is 2.23. The maximum atomic E-state index is 12.8. The molecule has 5 heteroatoms. The first kappa shape index (κ1) is 16.5. The number of hydrogen-bond donors (Lipinski definition) is 2. The lowest BCUT2D eigenvalue weighted by molar-refractivity contribution is -0.130. The minimum absolute atomic E-state index is 0.0689. The van der Waals surface area contributed by atoms with Crippen molar-refractivity contribution in [3.8, 4) is 0 Å². The van der Waals surface area contributed by atoms with Crippen molar-refractivity contribution in [2.45, 2.75) is 26.7 Å². The molecule has 1 saturated heterocycles. The Hall–Kier alpha value is -0.910. The van der Waals surface area contributed by atoms with Crippen molar-refractivity contribution in [3.63, 3.8) is 0 Å². The van der Waals surface area contributed by atoms with Gasteiger partial charge in [-0.05, 0) is 63.0 Å². The molecule has 0 atom stereocenters. The number of ether oxygens (including phenoxy) is 1. The second-order valence-electron chi connectivity index (χ2n) is 5.83. The van der Waals surface area contributed by atoms with Crippen molar-refractivity contribution in [3.05, 3.63) is 27.7 Å². The van der Waals surface area contributed by atoms with Gasteiger partial charge in [0.1, 0.15) is 0 Å². The fourth-order valence-electron chi connectivity index (χ4n) is 2.97. The Bertz CT molecular complexity index is 496. The summed E-state index contributed by atoms with van der Waals surface area (Å²) in [5.41, 5.74) is 2.62. The number of carbonyl (C=O) groups is 1. The van der Waals surface area contributed by atoms with Crippen LogP contribution < -0.4 is 10.6 Å². The maximum absolute atomic E-state index is 12.8. The van der Waals surface area contributed by atoms with Crippen molar-refractivity contribution in [2.24, 2.45) is 5.41 Å². The minimum atomic E-state index is -0.425. The molecule has 1 aliphatic rings. The van der Waals surface area contributed by atoms with Gasteiger partial charge in [-0.3, -0.25) is 4.79 Å². The van der Waals surface area contributed by atoms with Crippen LogP contribution in [0.2, 0.25) is 0 Å². The van der Waals surface area contributed by atoms with E-state index >= 15 is 0 Å². The highest BCUT2D eigenvalue weighted by Crippen LogP contribution is 2.33. The van der Waals surface area contributed by atoms with E-state index in [0.29, 0.717) is 6.61 Å². The van der Waals surface area contributed by atoms with Crippen LogP contribution in [-0.4, -0.2) is 32.7 Å². The van der Waals surface area contributed by atoms with Crippen molar-refractivity contribution in [1.29, 1.82) is 0 Å². The van der Waals surface area contributed by atoms with Crippen molar-refractivity contribution >= 4 is 27.5 Å². The highest BCUT2D eigenvalue weighted by molar-refractivity contribution is 9.10. The maximum Gasteiger partial charge on any atom is 0.233 e. The Labute approximate surface area is 134 Å². The first-order chi connectivity index (χ1) is 9.98. The molecule has 0 radical (unpaired) electrons. The molecule has 1 amide bonds. The molecule has 21 heavy (non-hydrogen) atoms. The Morgan fingerprint density at radius 2 is 1.90 bits per heavy atom. The number of nitrogens with one attached hydrogen (secondary N) is 2. The first-order valence-corrected chi connectivity index (χ1v) is 8.06. The topological polar surface area (TPSA) is 50.4 Å². The number of piperidine rings is 1. The molecule has 2 N–H and O–H groups in total. The quantitative estimate of drug-likeness (QED) is 0.873. The molecule has 0 bridgehead atoms. The van der Waals surface area contributed by atoms with Gasteiger partial charge in [0.05, 0.1) is 12.0 Å². The second-order valence-corrected chi connectivity index (χ2v) is 6.75. The zero-order valence-electron chi connectivity index (χ0n) is 12.9. The van der Waals surface area contributed by atoms with Gasteiger partial charge in [0.2, 0.25) is 5.91 Å². The van der Waals surface area contributed by atoms with Gasteiger partial charge in [-0.2, -0.15) is 0 Å². The Morgan fingerprint density at radius 1 is 1.33 bits per heavy atom. The van der Waals surface area contributed by atoms with Crippen molar-refractivity contribution in [1.82, 2.24) is 5.32 Å². The Morgan fingerprint density at radius 3 is 2.43 bits per heavy atom. The normalized spacial score (nSPS) is 17.5. The predicted octanol–water partition coefficient (Wildman–Crippen LogP) is 3.02. The fraction of sp³-hybridized carbons (Fsp3) is 0.562. The van der Waals surface area contributed by atoms with Gasteiger partial charge in [0.15, 0.2) is 0 Å². The summed E-state index contributed by atoms with van der Waals surface area (Å²) in [6.45, 7) is 6.21. The molecule has 1 aromatic carbocycles. The lowest BCUT2D eigenvalue weighted by Crippen LogP contribution is -2.47. The monoisotopic (exact) mass is 354 g/mol. The van der Waals surface area contributed by atoms with Crippen LogP contribution in [0, 0.1) is 19.3 Å². The second kappa shape index (κ2) is 6.90. The van der Waals surface area contributed by atoms with E-state index in [1.165, 1.54) is 0 Å². The molecule has 1 fully saturated rings. The van der Waals surface area contributed by atoms with Crippen LogP contribution in [0.5, 0.6) is 0 Å². The molecular formula is C16H23BrN2O2. The third-order valence-electron chi connectivity index (χ3n) is 4.20. The molecule has 1 aromatic rings. The van der Waals surface area contributed by atoms with Crippen molar-refractivity contribution < 1.29 is 9.53 Å². The molecule has 116 valence electrons. The molecule has 2 rings (SSSR count). The summed E-state index contributed by atoms with van der Waals surface area (Å²) in [6.07, 6.45) is 1.61. The molecule has 0 aromatic heterocycles. The fourth-order valence-corrected chi connectivity index (χ4v) is 3.66. The SMILES string of the molecule is COCC1(C(=O)Nc2c(C)cc(Br)cc2C)CCNCC1. The highest BCUT2D eigenvalue weighted by Gasteiger charge is 2.39. The molecule has 0 saturated carbocycles. The van der Waals surface area contributed by atoms with E-state index in [4.69, 9.17) is 4.74 Å². The van der Waals surface area contributed by atoms with E-state index < -0.39 is 5.41 Å². The largest absolute Gasteiger partial charge is 0.384 e. The lowest BCUT2D eigenvalue weighted by Gasteiger charge is -2.35. The molecule has 1 heterocycles. The minimum Gasteiger partial charge on any atom is -0.384 e. The summed E-state index contributed by atoms with van der Waals surface area (Å²) < 4.78 is 6.36. The number of methoxy groups -OCH3 is 1. The summed E-state index contributed by atoms with van der Waals surface area (Å²) in [6, 6.07) is 4.04. The van der Waals surface area contributed by atoms with Crippen LogP contribution in [0.1, 0.15) is 24.0 Å². The number of rotatable bonds is 4. The number of halogens is 1. The number of hydrogen-bond acceptors (Lipinski definition) is 3. The van der Waals surface area contributed by atoms with Gasteiger partial charge in [0, 0.05) is 17.3 Å². The summed E-state index contributed by atoms with van der Waals surface area (Å²) in [5.74, 6) is 0.0689. The van der Waals surface area contributed by atoms with E-state index in [0.717, 1.165) is 47.2 Å². The third kappa shape index (κ3) is 3.65. The smallest absolute Gasteiger partial charge is 0.233 e. The summed E-state index contributed by atoms with van der Waals surface area (Å²) in [4.78, 5) is 12.8. The predicted molar refractivity (Wildman–Crippen MR) is 88.7 cm³/mol. The molecule has 0 unspecified atom stereocenters. The number of aryl methyl sites for hydroxylation is 2. The van der Waals surface area contributed by atoms with Crippen LogP contribution in [0.25, 0.3) is 0 Å². The lowest BCUT2D eigenvalue weighted by atomic mass is 9.78. The van der Waals surface area contributed by atoms with Crippen LogP contribution in [0.3, 0.4) is 0 Å². The third-order valence-corrected chi connectivity index (χ3v) is 4.66. The number of anilines is 1. The average Bonchev–Trinajstić information content (AvgIpc) is 2.44. The van der Waals surface area contributed by atoms with Gasteiger partial charge >= 0.3 is 0 Å². The van der Waals surface area contributed by atoms with Crippen LogP contribution >= 0.6 is 15.9 Å². The number of amides is 1. The molecule has 1 aliphatic heterocycles. The van der Waals surface area contributed by atoms with E-state index in [-0.39, 0.29) is 5.91 Å². The zero-order chi connectivity index (χ0) is 15.5. The summed E-state index contributed by atoms with van der Waals surface area (Å²) in [7, 11) is 1.66. The van der Waals surface area contributed by atoms with Gasteiger partial charge in [-0.1, -0.05) is 15.9 Å². The van der Waals surface area contributed by atoms with Gasteiger partial charge in [0.25, 0.3) is 0 Å². The van der Waals surface area contributed by atoms with Gasteiger partial charge < -0.3 is 15.4 Å². The van der Waals surface area contributed by atoms with Crippen molar-refractivity contribution in [2.75, 3.05) is 32.1 Å². The summed E-state index contributed by atoms with van der Waals surface area (Å²) in [5, 5.41) is 6.44. The van der Waals surface area contributed by atoms with Crippen LogP contribution in [0.4, 0.5) is 5.69 Å². The number of benzene rings is 1. The highest BCUT2D eigenvalue weighted by atomic mass is 79.9. The van der Waals surface area contributed by atoms with Crippen LogP contribution in [-0.2, 0) is 9.53 Å². The van der Waals surface area contributed by atoms with E-state index in [9.17, 15) is 4.79 Å². The zero-order valence-corrected chi connectivity index (χ0v) is 14.5. The molecule has 0 spiro atoms. The summed E-state index contributed by atoms with van der Waals surface area (Å²) >= 11 is 3.48. The van der Waals surface area contributed by atoms with E-state index in [2.05, 4.69) is 26.6 Å².